The van der Waals surface area contributed by atoms with Crippen molar-refractivity contribution in [2.24, 2.45) is 18.9 Å². The van der Waals surface area contributed by atoms with Crippen LogP contribution in [0.25, 0.3) is 11.0 Å². The Balaban J connectivity index is 1.84. The second kappa shape index (κ2) is 11.9. The first kappa shape index (κ1) is 28.4. The zero-order valence-electron chi connectivity index (χ0n) is 22.3. The fraction of sp³-hybridized carbons (Fsp3) is 0.500. The first-order valence-electron chi connectivity index (χ1n) is 12.4. The van der Waals surface area contributed by atoms with Crippen molar-refractivity contribution >= 4 is 32.8 Å². The van der Waals surface area contributed by atoms with Crippen LogP contribution in [0.2, 0.25) is 0 Å². The number of nitrogens with one attached hydrogen (secondary N) is 2. The summed E-state index contributed by atoms with van der Waals surface area (Å²) >= 11 is 0. The van der Waals surface area contributed by atoms with Crippen LogP contribution < -0.4 is 10.0 Å². The van der Waals surface area contributed by atoms with Gasteiger partial charge in [0, 0.05) is 31.2 Å². The van der Waals surface area contributed by atoms with Crippen molar-refractivity contribution in [3.05, 3.63) is 48.0 Å². The number of benzene rings is 1. The van der Waals surface area contributed by atoms with Gasteiger partial charge in [-0.3, -0.25) is 14.3 Å². The summed E-state index contributed by atoms with van der Waals surface area (Å²) in [5.74, 6) is -0.544. The van der Waals surface area contributed by atoms with E-state index in [2.05, 4.69) is 15.1 Å². The third-order valence-electron chi connectivity index (χ3n) is 5.83. The van der Waals surface area contributed by atoms with Gasteiger partial charge in [-0.25, -0.2) is 8.42 Å². The summed E-state index contributed by atoms with van der Waals surface area (Å²) in [6, 6.07) is 6.70. The standard InChI is InChI=1S/C26H37N5O5S/c1-17(2)15-31(16-18(3)4)26(33)23(13-25(32)27-14-21-11-19(5)30(6)28-21)29-37(34,35)22-7-8-24-20(12-22)9-10-36-24/h7-12,17-18,23,29H,13-16H2,1-6H3,(H,27,32)/t23-/m0/s1. The molecule has 1 atom stereocenters. The van der Waals surface area contributed by atoms with Gasteiger partial charge in [0.15, 0.2) is 0 Å². The Kier molecular flexibility index (Phi) is 9.14. The minimum absolute atomic E-state index is 0.0113. The highest BCUT2D eigenvalue weighted by molar-refractivity contribution is 7.89. The average Bonchev–Trinajstić information content (AvgIpc) is 3.40. The van der Waals surface area contributed by atoms with Crippen molar-refractivity contribution in [2.75, 3.05) is 13.1 Å². The van der Waals surface area contributed by atoms with E-state index in [0.717, 1.165) is 5.69 Å². The molecule has 2 heterocycles. The predicted molar refractivity (Wildman–Crippen MR) is 141 cm³/mol. The summed E-state index contributed by atoms with van der Waals surface area (Å²) in [4.78, 5) is 28.2. The number of fused-ring (bicyclic) bond motifs is 1. The Morgan fingerprint density at radius 3 is 2.35 bits per heavy atom. The summed E-state index contributed by atoms with van der Waals surface area (Å²) < 4.78 is 36.2. The second-order valence-corrected chi connectivity index (χ2v) is 11.9. The van der Waals surface area contributed by atoms with Crippen molar-refractivity contribution in [1.29, 1.82) is 0 Å². The van der Waals surface area contributed by atoms with Crippen molar-refractivity contribution in [3.8, 4) is 0 Å². The van der Waals surface area contributed by atoms with Crippen LogP contribution >= 0.6 is 0 Å². The molecule has 2 amide bonds. The van der Waals surface area contributed by atoms with Crippen molar-refractivity contribution < 1.29 is 22.4 Å². The number of aryl methyl sites for hydroxylation is 2. The average molecular weight is 532 g/mol. The van der Waals surface area contributed by atoms with Gasteiger partial charge in [-0.1, -0.05) is 27.7 Å². The minimum Gasteiger partial charge on any atom is -0.464 e. The summed E-state index contributed by atoms with van der Waals surface area (Å²) in [6.45, 7) is 10.9. The first-order chi connectivity index (χ1) is 17.4. The monoisotopic (exact) mass is 531 g/mol. The number of hydrogen-bond donors (Lipinski definition) is 2. The lowest BCUT2D eigenvalue weighted by Gasteiger charge is -2.30. The number of carbonyl (C=O) groups is 2. The van der Waals surface area contributed by atoms with Gasteiger partial charge in [-0.05, 0) is 49.1 Å². The molecule has 0 aliphatic carbocycles. The Bertz CT molecular complexity index is 1310. The van der Waals surface area contributed by atoms with Crippen LogP contribution in [0.1, 0.15) is 45.5 Å². The van der Waals surface area contributed by atoms with E-state index in [1.807, 2.05) is 47.7 Å². The molecule has 3 rings (SSSR count). The molecular formula is C26H37N5O5S. The number of furan rings is 1. The molecule has 0 aliphatic rings. The maximum absolute atomic E-state index is 13.6. The number of carbonyl (C=O) groups excluding carboxylic acids is 2. The van der Waals surface area contributed by atoms with Crippen LogP contribution in [-0.2, 0) is 33.2 Å². The predicted octanol–water partition coefficient (Wildman–Crippen LogP) is 2.97. The molecule has 0 saturated heterocycles. The zero-order valence-corrected chi connectivity index (χ0v) is 23.1. The lowest BCUT2D eigenvalue weighted by atomic mass is 10.1. The van der Waals surface area contributed by atoms with Crippen LogP contribution in [0.15, 0.2) is 45.9 Å². The lowest BCUT2D eigenvalue weighted by molar-refractivity contribution is -0.136. The molecule has 3 aromatic rings. The van der Waals surface area contributed by atoms with Crippen LogP contribution in [0, 0.1) is 18.8 Å². The number of hydrogen-bond acceptors (Lipinski definition) is 6. The highest BCUT2D eigenvalue weighted by Crippen LogP contribution is 2.21. The normalized spacial score (nSPS) is 12.9. The van der Waals surface area contributed by atoms with Crippen LogP contribution in [0.4, 0.5) is 0 Å². The Morgan fingerprint density at radius 1 is 1.08 bits per heavy atom. The number of aromatic nitrogens is 2. The van der Waals surface area contributed by atoms with E-state index in [9.17, 15) is 18.0 Å². The minimum atomic E-state index is -4.11. The van der Waals surface area contributed by atoms with E-state index in [1.54, 1.807) is 21.7 Å². The first-order valence-corrected chi connectivity index (χ1v) is 13.9. The van der Waals surface area contributed by atoms with Crippen molar-refractivity contribution in [1.82, 2.24) is 24.7 Å². The quantitative estimate of drug-likeness (QED) is 0.370. The topological polar surface area (TPSA) is 127 Å². The van der Waals surface area contributed by atoms with E-state index in [4.69, 9.17) is 4.42 Å². The van der Waals surface area contributed by atoms with Gasteiger partial charge in [0.05, 0.1) is 29.8 Å². The van der Waals surface area contributed by atoms with E-state index in [-0.39, 0.29) is 29.7 Å². The maximum Gasteiger partial charge on any atom is 0.241 e. The molecule has 0 fully saturated rings. The van der Waals surface area contributed by atoms with Crippen molar-refractivity contribution in [2.45, 2.75) is 58.5 Å². The molecule has 0 radical (unpaired) electrons. The molecule has 10 nitrogen and oxygen atoms in total. The fourth-order valence-corrected chi connectivity index (χ4v) is 5.30. The molecule has 0 spiro atoms. The van der Waals surface area contributed by atoms with Gasteiger partial charge in [-0.2, -0.15) is 9.82 Å². The number of amides is 2. The van der Waals surface area contributed by atoms with Gasteiger partial charge in [0.1, 0.15) is 11.6 Å². The van der Waals surface area contributed by atoms with Gasteiger partial charge in [0.25, 0.3) is 0 Å². The fourth-order valence-electron chi connectivity index (χ4n) is 4.07. The van der Waals surface area contributed by atoms with Gasteiger partial charge in [0.2, 0.25) is 21.8 Å². The third-order valence-corrected chi connectivity index (χ3v) is 7.30. The Hall–Kier alpha value is -3.18. The summed E-state index contributed by atoms with van der Waals surface area (Å²) in [6.07, 6.45) is 1.13. The molecule has 0 bridgehead atoms. The summed E-state index contributed by atoms with van der Waals surface area (Å²) in [5.41, 5.74) is 2.17. The summed E-state index contributed by atoms with van der Waals surface area (Å²) in [7, 11) is -2.31. The van der Waals surface area contributed by atoms with Crippen LogP contribution in [-0.4, -0.2) is 54.0 Å². The number of sulfonamides is 1. The molecule has 2 N–H and O–H groups in total. The second-order valence-electron chi connectivity index (χ2n) is 10.2. The third kappa shape index (κ3) is 7.65. The molecule has 202 valence electrons. The molecule has 2 aromatic heterocycles. The maximum atomic E-state index is 13.6. The molecule has 0 unspecified atom stereocenters. The lowest BCUT2D eigenvalue weighted by Crippen LogP contribution is -2.52. The highest BCUT2D eigenvalue weighted by atomic mass is 32.2. The van der Waals surface area contributed by atoms with E-state index >= 15 is 0 Å². The number of nitrogens with zero attached hydrogens (tertiary/aromatic N) is 3. The Labute approximate surface area is 218 Å². The smallest absolute Gasteiger partial charge is 0.241 e. The van der Waals surface area contributed by atoms with E-state index in [1.165, 1.54) is 18.4 Å². The van der Waals surface area contributed by atoms with E-state index in [0.29, 0.717) is 29.8 Å². The van der Waals surface area contributed by atoms with Crippen LogP contribution in [0.3, 0.4) is 0 Å². The Morgan fingerprint density at radius 2 is 1.76 bits per heavy atom. The molecule has 1 aromatic carbocycles. The SMILES string of the molecule is Cc1cc(CNC(=O)C[C@H](NS(=O)(=O)c2ccc3occc3c2)C(=O)N(CC(C)C)CC(C)C)nn1C. The molecule has 0 aliphatic heterocycles. The largest absolute Gasteiger partial charge is 0.464 e. The highest BCUT2D eigenvalue weighted by Gasteiger charge is 2.32. The molecule has 0 saturated carbocycles. The van der Waals surface area contributed by atoms with Gasteiger partial charge < -0.3 is 14.6 Å². The van der Waals surface area contributed by atoms with Crippen LogP contribution in [0.5, 0.6) is 0 Å². The summed E-state index contributed by atoms with van der Waals surface area (Å²) in [5, 5.41) is 7.70. The zero-order chi connectivity index (χ0) is 27.3. The van der Waals surface area contributed by atoms with Gasteiger partial charge in [-0.15, -0.1) is 0 Å². The van der Waals surface area contributed by atoms with Gasteiger partial charge >= 0.3 is 0 Å². The number of rotatable bonds is 12. The molecule has 11 heteroatoms. The molecule has 37 heavy (non-hydrogen) atoms. The van der Waals surface area contributed by atoms with Crippen molar-refractivity contribution in [3.63, 3.8) is 0 Å². The van der Waals surface area contributed by atoms with E-state index < -0.39 is 27.9 Å². The molecular weight excluding hydrogens is 494 g/mol.